The van der Waals surface area contributed by atoms with Gasteiger partial charge in [0.25, 0.3) is 0 Å². The first kappa shape index (κ1) is 8.25. The number of benzene rings is 1. The molecule has 10 heavy (non-hydrogen) atoms. The fourth-order valence-corrected chi connectivity index (χ4v) is 1.37. The third-order valence-corrected chi connectivity index (χ3v) is 1.89. The van der Waals surface area contributed by atoms with Gasteiger partial charge in [-0.25, -0.2) is 0 Å². The highest BCUT2D eigenvalue weighted by Crippen LogP contribution is 2.19. The van der Waals surface area contributed by atoms with Crippen LogP contribution in [-0.2, 0) is 0 Å². The summed E-state index contributed by atoms with van der Waals surface area (Å²) in [7, 11) is 5.43. The van der Waals surface area contributed by atoms with Crippen LogP contribution in [0.2, 0.25) is 15.1 Å². The number of rotatable bonds is 0. The molecule has 50 valence electrons. The Morgan fingerprint density at radius 1 is 1.00 bits per heavy atom. The molecule has 1 aromatic carbocycles. The average molecular weight is 191 g/mol. The molecule has 0 aliphatic carbocycles. The van der Waals surface area contributed by atoms with Gasteiger partial charge in [0.15, 0.2) is 0 Å². The van der Waals surface area contributed by atoms with Crippen molar-refractivity contribution in [3.05, 3.63) is 27.2 Å². The SMILES string of the molecule is [B]c1c(Cl)cc(Cl)cc1Cl. The van der Waals surface area contributed by atoms with Crippen LogP contribution in [0, 0.1) is 0 Å². The standard InChI is InChI=1S/C6H2BCl3/c7-6-4(9)1-3(8)2-5(6)10/h1-2H. The molecule has 0 aliphatic heterocycles. The highest BCUT2D eigenvalue weighted by molar-refractivity contribution is 6.52. The van der Waals surface area contributed by atoms with E-state index in [2.05, 4.69) is 0 Å². The Morgan fingerprint density at radius 3 is 1.80 bits per heavy atom. The molecular weight excluding hydrogens is 189 g/mol. The fourth-order valence-electron chi connectivity index (χ4n) is 0.553. The van der Waals surface area contributed by atoms with Gasteiger partial charge >= 0.3 is 0 Å². The fraction of sp³-hybridized carbons (Fsp3) is 0. The summed E-state index contributed by atoms with van der Waals surface area (Å²) in [5.41, 5.74) is 0.368. The van der Waals surface area contributed by atoms with Crippen LogP contribution in [0.4, 0.5) is 0 Å². The molecule has 0 N–H and O–H groups in total. The van der Waals surface area contributed by atoms with E-state index in [1.807, 2.05) is 0 Å². The summed E-state index contributed by atoms with van der Waals surface area (Å²) in [5, 5.41) is 1.26. The van der Waals surface area contributed by atoms with E-state index >= 15 is 0 Å². The first-order chi connectivity index (χ1) is 4.61. The minimum Gasteiger partial charge on any atom is -0.0849 e. The van der Waals surface area contributed by atoms with Gasteiger partial charge in [-0.15, -0.1) is 0 Å². The van der Waals surface area contributed by atoms with Crippen LogP contribution >= 0.6 is 34.8 Å². The van der Waals surface area contributed by atoms with Crippen molar-refractivity contribution in [1.82, 2.24) is 0 Å². The number of hydrogen-bond acceptors (Lipinski definition) is 0. The maximum Gasteiger partial charge on any atom is 0.117 e. The number of halogens is 3. The van der Waals surface area contributed by atoms with Gasteiger partial charge in [-0.3, -0.25) is 0 Å². The lowest BCUT2D eigenvalue weighted by Crippen LogP contribution is -2.04. The summed E-state index contributed by atoms with van der Waals surface area (Å²) in [6, 6.07) is 3.09. The van der Waals surface area contributed by atoms with Gasteiger partial charge in [-0.05, 0) is 12.1 Å². The molecule has 0 aromatic heterocycles. The highest BCUT2D eigenvalue weighted by atomic mass is 35.5. The van der Waals surface area contributed by atoms with E-state index in [1.165, 1.54) is 0 Å². The van der Waals surface area contributed by atoms with Gasteiger partial charge in [0.2, 0.25) is 0 Å². The van der Waals surface area contributed by atoms with Crippen LogP contribution in [0.5, 0.6) is 0 Å². The summed E-state index contributed by atoms with van der Waals surface area (Å²) in [4.78, 5) is 0. The first-order valence-electron chi connectivity index (χ1n) is 2.51. The van der Waals surface area contributed by atoms with Crippen molar-refractivity contribution in [1.29, 1.82) is 0 Å². The van der Waals surface area contributed by atoms with Crippen LogP contribution in [0.3, 0.4) is 0 Å². The van der Waals surface area contributed by atoms with Crippen molar-refractivity contribution in [2.24, 2.45) is 0 Å². The second-order valence-corrected chi connectivity index (χ2v) is 3.03. The van der Waals surface area contributed by atoms with E-state index in [1.54, 1.807) is 12.1 Å². The van der Waals surface area contributed by atoms with E-state index in [4.69, 9.17) is 42.6 Å². The first-order valence-corrected chi connectivity index (χ1v) is 3.64. The molecule has 0 fully saturated rings. The van der Waals surface area contributed by atoms with Crippen molar-refractivity contribution in [2.75, 3.05) is 0 Å². The molecule has 0 saturated heterocycles. The lowest BCUT2D eigenvalue weighted by atomic mass is 9.96. The lowest BCUT2D eigenvalue weighted by Gasteiger charge is -2.00. The lowest BCUT2D eigenvalue weighted by molar-refractivity contribution is 1.76. The largest absolute Gasteiger partial charge is 0.117 e. The normalized spacial score (nSPS) is 9.90. The second-order valence-electron chi connectivity index (χ2n) is 1.78. The molecule has 2 radical (unpaired) electrons. The van der Waals surface area contributed by atoms with Gasteiger partial charge < -0.3 is 0 Å². The van der Waals surface area contributed by atoms with Gasteiger partial charge in [0, 0.05) is 15.1 Å². The van der Waals surface area contributed by atoms with Crippen LogP contribution in [0.25, 0.3) is 0 Å². The molecule has 0 bridgehead atoms. The predicted molar refractivity (Wildman–Crippen MR) is 46.9 cm³/mol. The van der Waals surface area contributed by atoms with Crippen molar-refractivity contribution < 1.29 is 0 Å². The highest BCUT2D eigenvalue weighted by Gasteiger charge is 2.00. The third kappa shape index (κ3) is 1.60. The summed E-state index contributed by atoms with van der Waals surface area (Å²) in [6.45, 7) is 0. The van der Waals surface area contributed by atoms with Crippen LogP contribution in [0.1, 0.15) is 0 Å². The topological polar surface area (TPSA) is 0 Å². The molecule has 0 spiro atoms. The summed E-state index contributed by atoms with van der Waals surface area (Å²) in [6.07, 6.45) is 0. The molecular formula is C6H2BCl3. The van der Waals surface area contributed by atoms with E-state index in [0.717, 1.165) is 0 Å². The second kappa shape index (κ2) is 3.04. The zero-order valence-corrected chi connectivity index (χ0v) is 7.13. The van der Waals surface area contributed by atoms with Gasteiger partial charge in [0.1, 0.15) is 7.85 Å². The molecule has 0 unspecified atom stereocenters. The van der Waals surface area contributed by atoms with Crippen molar-refractivity contribution in [2.45, 2.75) is 0 Å². The zero-order chi connectivity index (χ0) is 7.72. The van der Waals surface area contributed by atoms with Crippen LogP contribution in [-0.4, -0.2) is 7.85 Å². The Kier molecular flexibility index (Phi) is 2.51. The summed E-state index contributed by atoms with van der Waals surface area (Å²) in [5.74, 6) is 0. The van der Waals surface area contributed by atoms with E-state index in [9.17, 15) is 0 Å². The number of hydrogen-bond donors (Lipinski definition) is 0. The van der Waals surface area contributed by atoms with Gasteiger partial charge in [-0.2, -0.15) is 0 Å². The molecule has 4 heteroatoms. The Hall–Kier alpha value is 0.155. The van der Waals surface area contributed by atoms with Crippen molar-refractivity contribution in [3.8, 4) is 0 Å². The molecule has 0 saturated carbocycles. The van der Waals surface area contributed by atoms with E-state index < -0.39 is 0 Å². The maximum absolute atomic E-state index is 5.63. The Morgan fingerprint density at radius 2 is 1.40 bits per heavy atom. The van der Waals surface area contributed by atoms with Crippen LogP contribution < -0.4 is 5.46 Å². The molecule has 0 nitrogen and oxygen atoms in total. The molecule has 0 amide bonds. The van der Waals surface area contributed by atoms with Gasteiger partial charge in [0.05, 0.1) is 0 Å². The van der Waals surface area contributed by atoms with Crippen molar-refractivity contribution >= 4 is 48.1 Å². The smallest absolute Gasteiger partial charge is 0.0849 e. The minimum absolute atomic E-state index is 0.368. The monoisotopic (exact) mass is 190 g/mol. The third-order valence-electron chi connectivity index (χ3n) is 1.04. The summed E-state index contributed by atoms with van der Waals surface area (Å²) < 4.78 is 0. The Labute approximate surface area is 75.5 Å². The molecule has 0 atom stereocenters. The minimum atomic E-state index is 0.368. The molecule has 1 rings (SSSR count). The average Bonchev–Trinajstić information content (AvgIpc) is 1.82. The van der Waals surface area contributed by atoms with E-state index in [-0.39, 0.29) is 0 Å². The van der Waals surface area contributed by atoms with E-state index in [0.29, 0.717) is 20.5 Å². The molecule has 0 aliphatic rings. The quantitative estimate of drug-likeness (QED) is 0.552. The molecule has 1 aromatic rings. The van der Waals surface area contributed by atoms with Gasteiger partial charge in [-0.1, -0.05) is 40.3 Å². The Bertz CT molecular complexity index is 236. The predicted octanol–water partition coefficient (Wildman–Crippen LogP) is 2.44. The zero-order valence-electron chi connectivity index (χ0n) is 4.87. The Balaban J connectivity index is 3.31. The maximum atomic E-state index is 5.63. The van der Waals surface area contributed by atoms with Crippen molar-refractivity contribution in [3.63, 3.8) is 0 Å². The summed E-state index contributed by atoms with van der Waals surface area (Å²) >= 11 is 16.8. The van der Waals surface area contributed by atoms with Crippen LogP contribution in [0.15, 0.2) is 12.1 Å². The molecule has 0 heterocycles.